The molecule has 0 spiro atoms. The summed E-state index contributed by atoms with van der Waals surface area (Å²) in [5.41, 5.74) is 7.36. The lowest BCUT2D eigenvalue weighted by atomic mass is 9.95. The number of nitrogens with one attached hydrogen (secondary N) is 1. The maximum Gasteiger partial charge on any atom is 0.237 e. The Labute approximate surface area is 129 Å². The van der Waals surface area contributed by atoms with E-state index in [1.807, 2.05) is 19.1 Å². The zero-order chi connectivity index (χ0) is 14.8. The predicted octanol–water partition coefficient (Wildman–Crippen LogP) is 2.97. The van der Waals surface area contributed by atoms with E-state index in [-0.39, 0.29) is 17.2 Å². The Bertz CT molecular complexity index is 485. The van der Waals surface area contributed by atoms with Crippen molar-refractivity contribution in [3.05, 3.63) is 34.3 Å². The Morgan fingerprint density at radius 2 is 2.10 bits per heavy atom. The molecule has 20 heavy (non-hydrogen) atoms. The van der Waals surface area contributed by atoms with Crippen LogP contribution in [0.4, 0.5) is 0 Å². The van der Waals surface area contributed by atoms with Gasteiger partial charge in [0.25, 0.3) is 0 Å². The molecule has 1 aliphatic carbocycles. The van der Waals surface area contributed by atoms with E-state index in [1.165, 1.54) is 5.56 Å². The molecule has 2 unspecified atom stereocenters. The summed E-state index contributed by atoms with van der Waals surface area (Å²) in [5, 5.41) is 3.04. The maximum atomic E-state index is 12.1. The molecule has 1 aromatic carbocycles. The van der Waals surface area contributed by atoms with E-state index in [1.54, 1.807) is 0 Å². The minimum atomic E-state index is -0.407. The SMILES string of the molecule is CCC(C)C(N)C(=O)NCC1(c2ccccc2Br)CC1. The van der Waals surface area contributed by atoms with Crippen molar-refractivity contribution < 1.29 is 4.79 Å². The maximum absolute atomic E-state index is 12.1. The van der Waals surface area contributed by atoms with Crippen LogP contribution >= 0.6 is 15.9 Å². The lowest BCUT2D eigenvalue weighted by molar-refractivity contribution is -0.123. The molecule has 0 radical (unpaired) electrons. The van der Waals surface area contributed by atoms with Crippen molar-refractivity contribution in [3.63, 3.8) is 0 Å². The van der Waals surface area contributed by atoms with Gasteiger partial charge in [-0.3, -0.25) is 4.79 Å². The summed E-state index contributed by atoms with van der Waals surface area (Å²) in [6, 6.07) is 7.85. The van der Waals surface area contributed by atoms with Gasteiger partial charge in [-0.1, -0.05) is 54.4 Å². The first-order valence-electron chi connectivity index (χ1n) is 7.28. The molecule has 110 valence electrons. The van der Waals surface area contributed by atoms with Crippen molar-refractivity contribution in [2.24, 2.45) is 11.7 Å². The van der Waals surface area contributed by atoms with Gasteiger partial charge < -0.3 is 11.1 Å². The Morgan fingerprint density at radius 3 is 2.65 bits per heavy atom. The molecule has 0 aliphatic heterocycles. The van der Waals surface area contributed by atoms with E-state index in [0.717, 1.165) is 23.7 Å². The third-order valence-corrected chi connectivity index (χ3v) is 5.15. The summed E-state index contributed by atoms with van der Waals surface area (Å²) in [6.07, 6.45) is 3.16. The highest BCUT2D eigenvalue weighted by molar-refractivity contribution is 9.10. The average Bonchev–Trinajstić information content (AvgIpc) is 3.24. The van der Waals surface area contributed by atoms with Gasteiger partial charge in [0, 0.05) is 16.4 Å². The van der Waals surface area contributed by atoms with Gasteiger partial charge in [-0.2, -0.15) is 0 Å². The first-order valence-corrected chi connectivity index (χ1v) is 8.08. The van der Waals surface area contributed by atoms with Crippen molar-refractivity contribution >= 4 is 21.8 Å². The second-order valence-corrected chi connectivity index (χ2v) is 6.74. The zero-order valence-corrected chi connectivity index (χ0v) is 13.7. The van der Waals surface area contributed by atoms with Crippen LogP contribution in [-0.4, -0.2) is 18.5 Å². The number of carbonyl (C=O) groups excluding carboxylic acids is 1. The molecule has 1 aliphatic rings. The number of hydrogen-bond donors (Lipinski definition) is 2. The molecule has 0 aromatic heterocycles. The van der Waals surface area contributed by atoms with Gasteiger partial charge in [-0.25, -0.2) is 0 Å². The van der Waals surface area contributed by atoms with Crippen LogP contribution in [0.2, 0.25) is 0 Å². The topological polar surface area (TPSA) is 55.1 Å². The highest BCUT2D eigenvalue weighted by Crippen LogP contribution is 2.49. The Morgan fingerprint density at radius 1 is 1.45 bits per heavy atom. The molecule has 0 saturated heterocycles. The minimum absolute atomic E-state index is 0.0299. The third kappa shape index (κ3) is 3.23. The highest BCUT2D eigenvalue weighted by atomic mass is 79.9. The number of halogens is 1. The van der Waals surface area contributed by atoms with E-state index >= 15 is 0 Å². The number of amides is 1. The van der Waals surface area contributed by atoms with Gasteiger partial charge in [0.1, 0.15) is 0 Å². The van der Waals surface area contributed by atoms with Crippen LogP contribution in [0.1, 0.15) is 38.7 Å². The summed E-state index contributed by atoms with van der Waals surface area (Å²) in [5.74, 6) is 0.186. The molecule has 3 N–H and O–H groups in total. The quantitative estimate of drug-likeness (QED) is 0.837. The first-order chi connectivity index (χ1) is 9.50. The van der Waals surface area contributed by atoms with Crippen LogP contribution in [0, 0.1) is 5.92 Å². The highest BCUT2D eigenvalue weighted by Gasteiger charge is 2.45. The van der Waals surface area contributed by atoms with Gasteiger partial charge in [-0.05, 0) is 30.4 Å². The van der Waals surface area contributed by atoms with Crippen molar-refractivity contribution in [3.8, 4) is 0 Å². The van der Waals surface area contributed by atoms with Crippen LogP contribution < -0.4 is 11.1 Å². The monoisotopic (exact) mass is 338 g/mol. The van der Waals surface area contributed by atoms with Crippen LogP contribution in [0.15, 0.2) is 28.7 Å². The summed E-state index contributed by atoms with van der Waals surface area (Å²) >= 11 is 3.61. The summed E-state index contributed by atoms with van der Waals surface area (Å²) < 4.78 is 1.12. The second-order valence-electron chi connectivity index (χ2n) is 5.89. The van der Waals surface area contributed by atoms with E-state index < -0.39 is 6.04 Å². The molecule has 0 heterocycles. The fourth-order valence-corrected chi connectivity index (χ4v) is 3.18. The van der Waals surface area contributed by atoms with Gasteiger partial charge in [0.05, 0.1) is 6.04 Å². The molecule has 0 bridgehead atoms. The molecule has 2 atom stereocenters. The van der Waals surface area contributed by atoms with Crippen LogP contribution in [0.25, 0.3) is 0 Å². The lowest BCUT2D eigenvalue weighted by Gasteiger charge is -2.22. The van der Waals surface area contributed by atoms with E-state index in [0.29, 0.717) is 6.54 Å². The molecule has 4 heteroatoms. The largest absolute Gasteiger partial charge is 0.354 e. The molecule has 1 saturated carbocycles. The zero-order valence-electron chi connectivity index (χ0n) is 12.2. The molecule has 1 aromatic rings. The molecular formula is C16H23BrN2O. The van der Waals surface area contributed by atoms with Gasteiger partial charge in [-0.15, -0.1) is 0 Å². The summed E-state index contributed by atoms with van der Waals surface area (Å²) in [4.78, 5) is 12.1. The summed E-state index contributed by atoms with van der Waals surface area (Å²) in [6.45, 7) is 4.75. The normalized spacial score (nSPS) is 19.2. The van der Waals surface area contributed by atoms with Crippen molar-refractivity contribution in [1.82, 2.24) is 5.32 Å². The Kier molecular flexibility index (Phi) is 4.86. The number of carbonyl (C=O) groups is 1. The Hall–Kier alpha value is -0.870. The van der Waals surface area contributed by atoms with E-state index in [2.05, 4.69) is 40.3 Å². The third-order valence-electron chi connectivity index (χ3n) is 4.46. The lowest BCUT2D eigenvalue weighted by Crippen LogP contribution is -2.46. The van der Waals surface area contributed by atoms with Gasteiger partial charge >= 0.3 is 0 Å². The molecular weight excluding hydrogens is 316 g/mol. The van der Waals surface area contributed by atoms with Crippen molar-refractivity contribution in [2.75, 3.05) is 6.54 Å². The molecule has 3 nitrogen and oxygen atoms in total. The van der Waals surface area contributed by atoms with Crippen molar-refractivity contribution in [2.45, 2.75) is 44.6 Å². The average molecular weight is 339 g/mol. The fraction of sp³-hybridized carbons (Fsp3) is 0.562. The van der Waals surface area contributed by atoms with Crippen LogP contribution in [0.5, 0.6) is 0 Å². The fourth-order valence-electron chi connectivity index (χ4n) is 2.47. The number of rotatable bonds is 6. The van der Waals surface area contributed by atoms with E-state index in [4.69, 9.17) is 5.73 Å². The molecule has 1 fully saturated rings. The minimum Gasteiger partial charge on any atom is -0.354 e. The first kappa shape index (κ1) is 15.5. The van der Waals surface area contributed by atoms with E-state index in [9.17, 15) is 4.79 Å². The molecule has 1 amide bonds. The smallest absolute Gasteiger partial charge is 0.237 e. The van der Waals surface area contributed by atoms with Crippen molar-refractivity contribution in [1.29, 1.82) is 0 Å². The number of hydrogen-bond acceptors (Lipinski definition) is 2. The number of benzene rings is 1. The molecule has 2 rings (SSSR count). The van der Waals surface area contributed by atoms with Crippen LogP contribution in [-0.2, 0) is 10.2 Å². The van der Waals surface area contributed by atoms with Gasteiger partial charge in [0.2, 0.25) is 5.91 Å². The number of nitrogens with two attached hydrogens (primary N) is 1. The standard InChI is InChI=1S/C16H23BrN2O/c1-3-11(2)14(18)15(20)19-10-16(8-9-16)12-6-4-5-7-13(12)17/h4-7,11,14H,3,8-10,18H2,1-2H3,(H,19,20). The second kappa shape index (κ2) is 6.27. The summed E-state index contributed by atoms with van der Waals surface area (Å²) in [7, 11) is 0. The van der Waals surface area contributed by atoms with Gasteiger partial charge in [0.15, 0.2) is 0 Å². The Balaban J connectivity index is 1.98. The van der Waals surface area contributed by atoms with Crippen LogP contribution in [0.3, 0.4) is 0 Å². The predicted molar refractivity (Wildman–Crippen MR) is 85.5 cm³/mol.